The summed E-state index contributed by atoms with van der Waals surface area (Å²) < 4.78 is 0. The van der Waals surface area contributed by atoms with Gasteiger partial charge in [0, 0.05) is 0 Å². The largest absolute Gasteiger partial charge is 0.119 e. The summed E-state index contributed by atoms with van der Waals surface area (Å²) in [6.45, 7) is 12.2. The summed E-state index contributed by atoms with van der Waals surface area (Å²) in [7, 11) is 1.000. The molecule has 1 atom stereocenters. The second-order valence-electron chi connectivity index (χ2n) is 3.06. The Hall–Kier alpha value is 0.947. The maximum atomic E-state index is 2.47. The first-order chi connectivity index (χ1) is 3.48. The highest BCUT2D eigenvalue weighted by Gasteiger charge is 2.12. The zero-order valence-electron chi connectivity index (χ0n) is 6.45. The summed E-state index contributed by atoms with van der Waals surface area (Å²) in [5.41, 5.74) is 0. The van der Waals surface area contributed by atoms with Crippen molar-refractivity contribution in [2.45, 2.75) is 19.6 Å². The minimum Gasteiger partial charge on any atom is -0.119 e. The first kappa shape index (κ1) is 8.95. The fraction of sp³-hybridized carbons (Fsp3) is 1.00. The van der Waals surface area contributed by atoms with Gasteiger partial charge in [0.05, 0.1) is 7.74 Å². The quantitative estimate of drug-likeness (QED) is 0.414. The third-order valence-corrected chi connectivity index (χ3v) is 20.8. The van der Waals surface area contributed by atoms with Crippen LogP contribution in [-0.4, -0.2) is 21.1 Å². The highest BCUT2D eigenvalue weighted by Crippen LogP contribution is 2.40. The molecule has 0 bridgehead atoms. The van der Waals surface area contributed by atoms with Gasteiger partial charge in [-0.1, -0.05) is 19.6 Å². The Morgan fingerprint density at radius 2 is 1.62 bits per heavy atom. The minimum absolute atomic E-state index is 0.0666. The van der Waals surface area contributed by atoms with Crippen LogP contribution in [0, 0.1) is 0 Å². The van der Waals surface area contributed by atoms with Gasteiger partial charge < -0.3 is 0 Å². The van der Waals surface area contributed by atoms with Crippen LogP contribution in [0.25, 0.3) is 0 Å². The zero-order chi connectivity index (χ0) is 6.78. The van der Waals surface area contributed by atoms with Crippen molar-refractivity contribution in [2.75, 3.05) is 13.3 Å². The molecule has 0 heterocycles. The molecule has 0 spiro atoms. The molecule has 0 amide bonds. The Kier molecular flexibility index (Phi) is 3.58. The van der Waals surface area contributed by atoms with Gasteiger partial charge in [-0.15, -0.1) is 14.6 Å². The molecular formula is C5H16P2Si. The van der Waals surface area contributed by atoms with Gasteiger partial charge in [0.1, 0.15) is 0 Å². The molecule has 0 radical (unpaired) electrons. The molecule has 1 unspecified atom stereocenters. The van der Waals surface area contributed by atoms with Crippen molar-refractivity contribution in [1.82, 2.24) is 0 Å². The van der Waals surface area contributed by atoms with E-state index < -0.39 is 7.74 Å². The molecule has 0 aliphatic rings. The van der Waals surface area contributed by atoms with Crippen molar-refractivity contribution < 1.29 is 0 Å². The second-order valence-corrected chi connectivity index (χ2v) is 20.5. The van der Waals surface area contributed by atoms with E-state index in [2.05, 4.69) is 33.0 Å². The van der Waals surface area contributed by atoms with Crippen molar-refractivity contribution in [3.8, 4) is 0 Å². The average Bonchev–Trinajstić information content (AvgIpc) is 1.62. The van der Waals surface area contributed by atoms with E-state index in [9.17, 15) is 0 Å². The highest BCUT2D eigenvalue weighted by molar-refractivity contribution is 8.14. The molecule has 0 aromatic heterocycles. The Morgan fingerprint density at radius 3 is 1.62 bits per heavy atom. The van der Waals surface area contributed by atoms with Gasteiger partial charge in [0.15, 0.2) is 0 Å². The maximum Gasteiger partial charge on any atom is 0.0733 e. The van der Waals surface area contributed by atoms with Crippen LogP contribution in [0.5, 0.6) is 0 Å². The fourth-order valence-corrected chi connectivity index (χ4v) is 9.06. The average molecular weight is 166 g/mol. The number of hydrogen-bond donors (Lipinski definition) is 0. The van der Waals surface area contributed by atoms with E-state index in [-0.39, 0.29) is 6.76 Å². The summed E-state index contributed by atoms with van der Waals surface area (Å²) in [5.74, 6) is 0. The molecule has 0 aliphatic heterocycles. The van der Waals surface area contributed by atoms with E-state index in [0.29, 0.717) is 0 Å². The zero-order valence-corrected chi connectivity index (χ0v) is 9.34. The topological polar surface area (TPSA) is 0 Å². The summed E-state index contributed by atoms with van der Waals surface area (Å²) in [5, 5.41) is 0. The molecule has 0 nitrogen and oxygen atoms in total. The number of hydrogen-bond acceptors (Lipinski definition) is 0. The molecule has 8 heavy (non-hydrogen) atoms. The third-order valence-electron chi connectivity index (χ3n) is 1.42. The van der Waals surface area contributed by atoms with Crippen molar-refractivity contribution >= 4 is 22.4 Å². The van der Waals surface area contributed by atoms with Crippen molar-refractivity contribution in [2.24, 2.45) is 0 Å². The number of rotatable bonds is 1. The molecule has 0 rings (SSSR count). The lowest BCUT2D eigenvalue weighted by Crippen LogP contribution is -2.11. The molecule has 0 N–H and O–H groups in total. The Balaban J connectivity index is 4.03. The lowest BCUT2D eigenvalue weighted by atomic mass is 11.8. The smallest absolute Gasteiger partial charge is 0.0733 e. The predicted molar refractivity (Wildman–Crippen MR) is 50.4 cm³/mol. The summed E-state index contributed by atoms with van der Waals surface area (Å²) in [4.78, 5) is 0. The van der Waals surface area contributed by atoms with E-state index in [4.69, 9.17) is 0 Å². The van der Waals surface area contributed by atoms with Crippen LogP contribution in [0.2, 0.25) is 19.6 Å². The summed E-state index contributed by atoms with van der Waals surface area (Å²) in [6.07, 6.45) is 0. The minimum atomic E-state index is -0.671. The van der Waals surface area contributed by atoms with E-state index in [1.807, 2.05) is 0 Å². The lowest BCUT2D eigenvalue weighted by Gasteiger charge is -2.16. The van der Waals surface area contributed by atoms with Crippen LogP contribution in [0.1, 0.15) is 0 Å². The molecule has 0 aromatic rings. The van der Waals surface area contributed by atoms with Crippen molar-refractivity contribution in [3.05, 3.63) is 0 Å². The molecule has 0 fully saturated rings. The van der Waals surface area contributed by atoms with Crippen LogP contribution in [-0.2, 0) is 0 Å². The first-order valence-corrected chi connectivity index (χ1v) is 11.6. The van der Waals surface area contributed by atoms with Gasteiger partial charge in [0.2, 0.25) is 0 Å². The monoisotopic (exact) mass is 166 g/mol. The van der Waals surface area contributed by atoms with Crippen LogP contribution in [0.3, 0.4) is 0 Å². The highest BCUT2D eigenvalue weighted by atomic mass is 31.9. The van der Waals surface area contributed by atoms with Crippen LogP contribution in [0.4, 0.5) is 0 Å². The lowest BCUT2D eigenvalue weighted by molar-refractivity contribution is 1.87. The third kappa shape index (κ3) is 3.07. The van der Waals surface area contributed by atoms with Gasteiger partial charge in [-0.05, 0) is 13.3 Å². The van der Waals surface area contributed by atoms with E-state index in [1.165, 1.54) is 0 Å². The van der Waals surface area contributed by atoms with Crippen LogP contribution >= 0.6 is 14.6 Å². The van der Waals surface area contributed by atoms with Gasteiger partial charge >= 0.3 is 0 Å². The summed E-state index contributed by atoms with van der Waals surface area (Å²) in [6, 6.07) is 0. The molecule has 0 saturated carbocycles. The van der Waals surface area contributed by atoms with E-state index >= 15 is 0 Å². The molecule has 50 valence electrons. The van der Waals surface area contributed by atoms with Crippen LogP contribution in [0.15, 0.2) is 0 Å². The molecule has 0 aromatic carbocycles. The van der Waals surface area contributed by atoms with Gasteiger partial charge in [0.25, 0.3) is 0 Å². The van der Waals surface area contributed by atoms with Crippen molar-refractivity contribution in [1.29, 1.82) is 0 Å². The Bertz CT molecular complexity index is 101. The summed E-state index contributed by atoms with van der Waals surface area (Å²) >= 11 is 0. The van der Waals surface area contributed by atoms with E-state index in [1.54, 1.807) is 7.87 Å². The Morgan fingerprint density at radius 1 is 1.25 bits per heavy atom. The standard InChI is InChI=1S/C5H16P2Si/c1-6-7(2)8(3,4)5/h7H,1-5H3. The van der Waals surface area contributed by atoms with Crippen molar-refractivity contribution in [3.63, 3.8) is 0 Å². The van der Waals surface area contributed by atoms with Gasteiger partial charge in [-0.2, -0.15) is 0 Å². The second kappa shape index (κ2) is 3.20. The molecule has 3 heteroatoms. The van der Waals surface area contributed by atoms with Crippen LogP contribution < -0.4 is 0 Å². The predicted octanol–water partition coefficient (Wildman–Crippen LogP) is 3.16. The SMILES string of the molecule is CP=[PH](C)[Si](C)(C)C. The molecule has 0 saturated heterocycles. The first-order valence-electron chi connectivity index (χ1n) is 2.92. The molecular weight excluding hydrogens is 150 g/mol. The van der Waals surface area contributed by atoms with Gasteiger partial charge in [-0.3, -0.25) is 0 Å². The molecule has 0 aliphatic carbocycles. The van der Waals surface area contributed by atoms with Gasteiger partial charge in [-0.25, -0.2) is 0 Å². The fourth-order valence-electron chi connectivity index (χ4n) is 0.335. The maximum absolute atomic E-state index is 2.47. The Labute approximate surface area is 55.9 Å². The normalized spacial score (nSPS) is 16.6. The van der Waals surface area contributed by atoms with E-state index in [0.717, 1.165) is 0 Å².